The van der Waals surface area contributed by atoms with Crippen LogP contribution in [0.5, 0.6) is 5.75 Å². The van der Waals surface area contributed by atoms with Crippen molar-refractivity contribution in [3.05, 3.63) is 65.0 Å². The molecule has 0 fully saturated rings. The van der Waals surface area contributed by atoms with Crippen LogP contribution in [0.15, 0.2) is 30.3 Å². The number of hydrogen-bond acceptors (Lipinski definition) is 6. The standard InChI is InChI=1S/C24H24F5NO6/c1-24(2,3)36-23(33)30-14(22(32)34-12-13-8-5-4-6-9-13)10-7-11-15(31)35-21-19(28)17(26)16(25)18(27)20(21)29/h4-6,8-9,14H,7,10-12H2,1-3H3,(H,30,33)/t14-/m1/s1. The topological polar surface area (TPSA) is 90.9 Å². The predicted octanol–water partition coefficient (Wildman–Crippen LogP) is 5.09. The highest BCUT2D eigenvalue weighted by molar-refractivity contribution is 5.81. The Hall–Kier alpha value is -3.70. The van der Waals surface area contributed by atoms with E-state index in [-0.39, 0.29) is 19.4 Å². The van der Waals surface area contributed by atoms with E-state index in [1.807, 2.05) is 0 Å². The Morgan fingerprint density at radius 2 is 1.44 bits per heavy atom. The molecule has 1 amide bonds. The Bertz CT molecular complexity index is 1080. The normalized spacial score (nSPS) is 12.0. The first-order valence-corrected chi connectivity index (χ1v) is 10.7. The van der Waals surface area contributed by atoms with E-state index >= 15 is 0 Å². The lowest BCUT2D eigenvalue weighted by molar-refractivity contribution is -0.148. The maximum atomic E-state index is 13.7. The molecule has 0 saturated heterocycles. The molecule has 0 saturated carbocycles. The maximum absolute atomic E-state index is 13.7. The van der Waals surface area contributed by atoms with Gasteiger partial charge in [-0.05, 0) is 39.2 Å². The molecule has 0 aliphatic heterocycles. The summed E-state index contributed by atoms with van der Waals surface area (Å²) < 4.78 is 81.7. The summed E-state index contributed by atoms with van der Waals surface area (Å²) in [7, 11) is 0. The van der Waals surface area contributed by atoms with Gasteiger partial charge in [-0.15, -0.1) is 0 Å². The van der Waals surface area contributed by atoms with Gasteiger partial charge >= 0.3 is 18.0 Å². The van der Waals surface area contributed by atoms with E-state index in [0.717, 1.165) is 0 Å². The van der Waals surface area contributed by atoms with Gasteiger partial charge in [-0.25, -0.2) is 22.8 Å². The largest absolute Gasteiger partial charge is 0.459 e. The minimum Gasteiger partial charge on any atom is -0.459 e. The van der Waals surface area contributed by atoms with Crippen LogP contribution in [-0.4, -0.2) is 29.7 Å². The number of nitrogens with one attached hydrogen (secondary N) is 1. The lowest BCUT2D eigenvalue weighted by Crippen LogP contribution is -2.44. The maximum Gasteiger partial charge on any atom is 0.408 e. The van der Waals surface area contributed by atoms with Crippen LogP contribution < -0.4 is 10.1 Å². The molecule has 7 nitrogen and oxygen atoms in total. The summed E-state index contributed by atoms with van der Waals surface area (Å²) in [4.78, 5) is 36.7. The Kier molecular flexibility index (Phi) is 9.76. The molecule has 2 rings (SSSR count). The summed E-state index contributed by atoms with van der Waals surface area (Å²) in [5.74, 6) is -15.4. The molecule has 0 spiro atoms. The van der Waals surface area contributed by atoms with Crippen molar-refractivity contribution in [1.29, 1.82) is 0 Å². The first-order chi connectivity index (χ1) is 16.8. The van der Waals surface area contributed by atoms with Crippen molar-refractivity contribution in [1.82, 2.24) is 5.32 Å². The van der Waals surface area contributed by atoms with Crippen molar-refractivity contribution in [2.24, 2.45) is 0 Å². The summed E-state index contributed by atoms with van der Waals surface area (Å²) >= 11 is 0. The fraction of sp³-hybridized carbons (Fsp3) is 0.375. The summed E-state index contributed by atoms with van der Waals surface area (Å²) in [5, 5.41) is 2.32. The van der Waals surface area contributed by atoms with Gasteiger partial charge in [-0.2, -0.15) is 8.78 Å². The van der Waals surface area contributed by atoms with Crippen molar-refractivity contribution in [3.63, 3.8) is 0 Å². The molecule has 0 bridgehead atoms. The number of carbonyl (C=O) groups excluding carboxylic acids is 3. The van der Waals surface area contributed by atoms with E-state index in [4.69, 9.17) is 9.47 Å². The van der Waals surface area contributed by atoms with E-state index in [1.165, 1.54) is 0 Å². The van der Waals surface area contributed by atoms with E-state index < -0.39 is 70.9 Å². The van der Waals surface area contributed by atoms with Crippen LogP contribution in [0.1, 0.15) is 45.6 Å². The van der Waals surface area contributed by atoms with Crippen molar-refractivity contribution >= 4 is 18.0 Å². The fourth-order valence-electron chi connectivity index (χ4n) is 2.82. The Morgan fingerprint density at radius 3 is 2.00 bits per heavy atom. The lowest BCUT2D eigenvalue weighted by Gasteiger charge is -2.23. The van der Waals surface area contributed by atoms with Gasteiger partial charge in [0.2, 0.25) is 34.8 Å². The van der Waals surface area contributed by atoms with Gasteiger partial charge < -0.3 is 19.5 Å². The molecule has 196 valence electrons. The van der Waals surface area contributed by atoms with Gasteiger partial charge in [-0.1, -0.05) is 30.3 Å². The monoisotopic (exact) mass is 517 g/mol. The van der Waals surface area contributed by atoms with Gasteiger partial charge in [0.25, 0.3) is 0 Å². The summed E-state index contributed by atoms with van der Waals surface area (Å²) in [6.07, 6.45) is -1.90. The molecule has 0 aromatic heterocycles. The zero-order chi connectivity index (χ0) is 27.0. The lowest BCUT2D eigenvalue weighted by atomic mass is 10.1. The molecule has 2 aromatic carbocycles. The third kappa shape index (κ3) is 8.21. The molecular formula is C24H24F5NO6. The molecule has 0 aliphatic rings. The molecule has 12 heteroatoms. The third-order valence-electron chi connectivity index (χ3n) is 4.46. The van der Waals surface area contributed by atoms with Crippen molar-refractivity contribution in [2.45, 2.75) is 58.3 Å². The Labute approximate surface area is 203 Å². The zero-order valence-corrected chi connectivity index (χ0v) is 19.6. The molecular weight excluding hydrogens is 493 g/mol. The molecule has 1 atom stereocenters. The minimum atomic E-state index is -2.39. The number of hydrogen-bond donors (Lipinski definition) is 1. The second-order valence-corrected chi connectivity index (χ2v) is 8.56. The number of amides is 1. The van der Waals surface area contributed by atoms with Crippen LogP contribution in [0.2, 0.25) is 0 Å². The van der Waals surface area contributed by atoms with Crippen molar-refractivity contribution in [3.8, 4) is 5.75 Å². The molecule has 36 heavy (non-hydrogen) atoms. The number of benzene rings is 2. The molecule has 0 radical (unpaired) electrons. The SMILES string of the molecule is CC(C)(C)OC(=O)N[C@H](CCCC(=O)Oc1c(F)c(F)c(F)c(F)c1F)C(=O)OCc1ccccc1. The number of esters is 2. The number of carbonyl (C=O) groups is 3. The fourth-order valence-corrected chi connectivity index (χ4v) is 2.82. The minimum absolute atomic E-state index is 0.103. The zero-order valence-electron chi connectivity index (χ0n) is 19.6. The molecule has 1 N–H and O–H groups in total. The number of ether oxygens (including phenoxy) is 3. The molecule has 2 aromatic rings. The smallest absolute Gasteiger partial charge is 0.408 e. The first kappa shape index (κ1) is 28.5. The average molecular weight is 517 g/mol. The summed E-state index contributed by atoms with van der Waals surface area (Å²) in [6, 6.07) is 7.37. The van der Waals surface area contributed by atoms with Gasteiger partial charge in [-0.3, -0.25) is 4.79 Å². The van der Waals surface area contributed by atoms with Gasteiger partial charge in [0.15, 0.2) is 0 Å². The van der Waals surface area contributed by atoms with E-state index in [2.05, 4.69) is 10.1 Å². The number of rotatable bonds is 9. The second kappa shape index (κ2) is 12.3. The van der Waals surface area contributed by atoms with Crippen LogP contribution in [0.25, 0.3) is 0 Å². The highest BCUT2D eigenvalue weighted by atomic mass is 19.2. The van der Waals surface area contributed by atoms with Crippen LogP contribution in [-0.2, 0) is 25.7 Å². The molecule has 0 heterocycles. The van der Waals surface area contributed by atoms with E-state index in [1.54, 1.807) is 51.1 Å². The van der Waals surface area contributed by atoms with Crippen LogP contribution in [0.4, 0.5) is 26.7 Å². The quantitative estimate of drug-likeness (QED) is 0.164. The van der Waals surface area contributed by atoms with E-state index in [0.29, 0.717) is 5.56 Å². The highest BCUT2D eigenvalue weighted by Gasteiger charge is 2.29. The van der Waals surface area contributed by atoms with Gasteiger partial charge in [0, 0.05) is 6.42 Å². The van der Waals surface area contributed by atoms with Crippen molar-refractivity contribution < 1.29 is 50.5 Å². The number of alkyl carbamates (subject to hydrolysis) is 1. The predicted molar refractivity (Wildman–Crippen MR) is 115 cm³/mol. The Balaban J connectivity index is 2.02. The Morgan fingerprint density at radius 1 is 0.889 bits per heavy atom. The van der Waals surface area contributed by atoms with Crippen LogP contribution in [0.3, 0.4) is 0 Å². The summed E-state index contributed by atoms with van der Waals surface area (Å²) in [6.45, 7) is 4.70. The molecule has 0 aliphatic carbocycles. The van der Waals surface area contributed by atoms with Crippen LogP contribution >= 0.6 is 0 Å². The average Bonchev–Trinajstić information content (AvgIpc) is 2.81. The first-order valence-electron chi connectivity index (χ1n) is 10.7. The van der Waals surface area contributed by atoms with Gasteiger partial charge in [0.05, 0.1) is 0 Å². The van der Waals surface area contributed by atoms with Crippen molar-refractivity contribution in [2.75, 3.05) is 0 Å². The summed E-state index contributed by atoms with van der Waals surface area (Å²) in [5.41, 5.74) is -0.200. The van der Waals surface area contributed by atoms with Crippen LogP contribution in [0, 0.1) is 29.1 Å². The van der Waals surface area contributed by atoms with Gasteiger partial charge in [0.1, 0.15) is 18.2 Å². The number of halogens is 5. The third-order valence-corrected chi connectivity index (χ3v) is 4.46. The second-order valence-electron chi connectivity index (χ2n) is 8.56. The molecule has 0 unspecified atom stereocenters. The highest BCUT2D eigenvalue weighted by Crippen LogP contribution is 2.29. The van der Waals surface area contributed by atoms with E-state index in [9.17, 15) is 36.3 Å².